The molecule has 0 spiro atoms. The van der Waals surface area contributed by atoms with E-state index >= 15 is 0 Å². The largest absolute Gasteiger partial charge is 0.448 e. The highest BCUT2D eigenvalue weighted by Gasteiger charge is 2.26. The van der Waals surface area contributed by atoms with Gasteiger partial charge in [-0.1, -0.05) is 19.8 Å². The highest BCUT2D eigenvalue weighted by atomic mass is 16.5. The van der Waals surface area contributed by atoms with Gasteiger partial charge >= 0.3 is 5.97 Å². The first-order valence-corrected chi connectivity index (χ1v) is 7.61. The molecule has 1 heterocycles. The van der Waals surface area contributed by atoms with Crippen molar-refractivity contribution in [2.45, 2.75) is 51.7 Å². The lowest BCUT2D eigenvalue weighted by atomic mass is 9.86. The molecule has 3 atom stereocenters. The highest BCUT2D eigenvalue weighted by Crippen LogP contribution is 2.23. The van der Waals surface area contributed by atoms with Gasteiger partial charge in [0.15, 0.2) is 6.10 Å². The van der Waals surface area contributed by atoms with Crippen LogP contribution in [0.3, 0.4) is 0 Å². The van der Waals surface area contributed by atoms with Crippen LogP contribution in [-0.4, -0.2) is 28.6 Å². The Morgan fingerprint density at radius 2 is 2.10 bits per heavy atom. The van der Waals surface area contributed by atoms with E-state index in [-0.39, 0.29) is 11.9 Å². The van der Waals surface area contributed by atoms with E-state index in [9.17, 15) is 9.59 Å². The molecule has 0 saturated heterocycles. The van der Waals surface area contributed by atoms with Crippen molar-refractivity contribution in [3.8, 4) is 0 Å². The molecule has 0 bridgehead atoms. The minimum Gasteiger partial charge on any atom is -0.448 e. The summed E-state index contributed by atoms with van der Waals surface area (Å²) in [5, 5.41) is 3.01. The number of amides is 1. The normalized spacial score (nSPS) is 23.4. The average molecular weight is 292 g/mol. The van der Waals surface area contributed by atoms with Crippen LogP contribution in [0.15, 0.2) is 18.3 Å². The lowest BCUT2D eigenvalue weighted by molar-refractivity contribution is -0.130. The van der Waals surface area contributed by atoms with E-state index in [0.717, 1.165) is 19.3 Å². The van der Waals surface area contributed by atoms with Crippen LogP contribution in [-0.2, 0) is 16.6 Å². The van der Waals surface area contributed by atoms with E-state index in [4.69, 9.17) is 4.74 Å². The van der Waals surface area contributed by atoms with E-state index in [1.54, 1.807) is 36.9 Å². The molecular formula is C16H24N2O3. The second-order valence-electron chi connectivity index (χ2n) is 5.93. The van der Waals surface area contributed by atoms with Crippen LogP contribution < -0.4 is 5.32 Å². The van der Waals surface area contributed by atoms with Crippen LogP contribution in [0.1, 0.15) is 50.0 Å². The van der Waals surface area contributed by atoms with E-state index in [2.05, 4.69) is 12.2 Å². The number of carbonyl (C=O) groups excluding carboxylic acids is 2. The summed E-state index contributed by atoms with van der Waals surface area (Å²) in [4.78, 5) is 24.1. The molecular weight excluding hydrogens is 268 g/mol. The summed E-state index contributed by atoms with van der Waals surface area (Å²) in [6, 6.07) is 3.64. The number of hydrogen-bond acceptors (Lipinski definition) is 3. The van der Waals surface area contributed by atoms with Crippen molar-refractivity contribution in [1.82, 2.24) is 9.88 Å². The maximum atomic E-state index is 12.2. The van der Waals surface area contributed by atoms with Gasteiger partial charge in [-0.15, -0.1) is 0 Å². The monoisotopic (exact) mass is 292 g/mol. The molecule has 2 rings (SSSR count). The Bertz CT molecular complexity index is 509. The number of nitrogens with zero attached hydrogens (tertiary/aromatic N) is 1. The molecule has 0 aliphatic heterocycles. The third-order valence-corrected chi connectivity index (χ3v) is 4.25. The zero-order valence-electron chi connectivity index (χ0n) is 13.0. The Balaban J connectivity index is 1.87. The Kier molecular flexibility index (Phi) is 5.04. The maximum Gasteiger partial charge on any atom is 0.355 e. The molecule has 0 aromatic carbocycles. The standard InChI is InChI=1S/C16H24N2O3/c1-11-7-4-5-8-13(11)17-15(19)12(2)21-16(20)14-9-6-10-18(14)3/h6,9-13H,4-5,7-8H2,1-3H3,(H,17,19)/t11-,12+,13+/m0/s1. The SMILES string of the molecule is C[C@@H](OC(=O)c1cccn1C)C(=O)N[C@@H]1CCCC[C@@H]1C. The van der Waals surface area contributed by atoms with Crippen molar-refractivity contribution in [2.75, 3.05) is 0 Å². The zero-order chi connectivity index (χ0) is 15.4. The molecule has 5 nitrogen and oxygen atoms in total. The van der Waals surface area contributed by atoms with E-state index in [1.165, 1.54) is 6.42 Å². The van der Waals surface area contributed by atoms with Crippen molar-refractivity contribution in [3.05, 3.63) is 24.0 Å². The van der Waals surface area contributed by atoms with Crippen LogP contribution in [0.25, 0.3) is 0 Å². The third-order valence-electron chi connectivity index (χ3n) is 4.25. The fourth-order valence-electron chi connectivity index (χ4n) is 2.78. The fraction of sp³-hybridized carbons (Fsp3) is 0.625. The summed E-state index contributed by atoms with van der Waals surface area (Å²) in [7, 11) is 1.77. The Hall–Kier alpha value is -1.78. The summed E-state index contributed by atoms with van der Waals surface area (Å²) in [6.07, 6.45) is 5.51. The first-order chi connectivity index (χ1) is 9.99. The average Bonchev–Trinajstić information content (AvgIpc) is 2.87. The Labute approximate surface area is 125 Å². The number of aromatic nitrogens is 1. The first kappa shape index (κ1) is 15.6. The Morgan fingerprint density at radius 3 is 2.71 bits per heavy atom. The molecule has 1 saturated carbocycles. The van der Waals surface area contributed by atoms with Crippen LogP contribution >= 0.6 is 0 Å². The minimum atomic E-state index is -0.776. The third kappa shape index (κ3) is 3.86. The van der Waals surface area contributed by atoms with Crippen LogP contribution in [0.4, 0.5) is 0 Å². The van der Waals surface area contributed by atoms with Crippen molar-refractivity contribution in [2.24, 2.45) is 13.0 Å². The summed E-state index contributed by atoms with van der Waals surface area (Å²) in [5.74, 6) is -0.198. The van der Waals surface area contributed by atoms with Crippen molar-refractivity contribution >= 4 is 11.9 Å². The smallest absolute Gasteiger partial charge is 0.355 e. The number of esters is 1. The Morgan fingerprint density at radius 1 is 1.38 bits per heavy atom. The molecule has 0 unspecified atom stereocenters. The van der Waals surface area contributed by atoms with Crippen LogP contribution in [0.2, 0.25) is 0 Å². The molecule has 5 heteroatoms. The maximum absolute atomic E-state index is 12.2. The van der Waals surface area contributed by atoms with Gasteiger partial charge in [0.25, 0.3) is 5.91 Å². The van der Waals surface area contributed by atoms with E-state index < -0.39 is 12.1 Å². The second-order valence-corrected chi connectivity index (χ2v) is 5.93. The molecule has 1 aliphatic carbocycles. The molecule has 1 aliphatic rings. The lowest BCUT2D eigenvalue weighted by Gasteiger charge is -2.30. The molecule has 0 radical (unpaired) electrons. The van der Waals surface area contributed by atoms with Gasteiger partial charge in [0, 0.05) is 19.3 Å². The number of ether oxygens (including phenoxy) is 1. The van der Waals surface area contributed by atoms with Gasteiger partial charge in [-0.2, -0.15) is 0 Å². The van der Waals surface area contributed by atoms with Crippen molar-refractivity contribution in [1.29, 1.82) is 0 Å². The predicted molar refractivity (Wildman–Crippen MR) is 79.9 cm³/mol. The van der Waals surface area contributed by atoms with Gasteiger partial charge in [0.05, 0.1) is 0 Å². The summed E-state index contributed by atoms with van der Waals surface area (Å²) < 4.78 is 6.92. The number of aryl methyl sites for hydroxylation is 1. The summed E-state index contributed by atoms with van der Waals surface area (Å²) in [5.41, 5.74) is 0.445. The van der Waals surface area contributed by atoms with Gasteiger partial charge in [-0.3, -0.25) is 4.79 Å². The molecule has 116 valence electrons. The fourth-order valence-corrected chi connectivity index (χ4v) is 2.78. The van der Waals surface area contributed by atoms with Gasteiger partial charge in [-0.25, -0.2) is 4.79 Å². The zero-order valence-corrected chi connectivity index (χ0v) is 13.0. The van der Waals surface area contributed by atoms with Crippen molar-refractivity contribution < 1.29 is 14.3 Å². The van der Waals surface area contributed by atoms with Gasteiger partial charge in [0.1, 0.15) is 5.69 Å². The van der Waals surface area contributed by atoms with Crippen LogP contribution in [0, 0.1) is 5.92 Å². The number of hydrogen-bond donors (Lipinski definition) is 1. The minimum absolute atomic E-state index is 0.197. The van der Waals surface area contributed by atoms with E-state index in [0.29, 0.717) is 11.6 Å². The number of carbonyl (C=O) groups is 2. The van der Waals surface area contributed by atoms with Gasteiger partial charge < -0.3 is 14.6 Å². The second kappa shape index (κ2) is 6.78. The molecule has 1 amide bonds. The van der Waals surface area contributed by atoms with Crippen molar-refractivity contribution in [3.63, 3.8) is 0 Å². The van der Waals surface area contributed by atoms with E-state index in [1.807, 2.05) is 0 Å². The van der Waals surface area contributed by atoms with Gasteiger partial charge in [0.2, 0.25) is 0 Å². The van der Waals surface area contributed by atoms with Crippen LogP contribution in [0.5, 0.6) is 0 Å². The highest BCUT2D eigenvalue weighted by molar-refractivity contribution is 5.91. The molecule has 1 N–H and O–H groups in total. The topological polar surface area (TPSA) is 60.3 Å². The molecule has 1 fully saturated rings. The number of rotatable bonds is 4. The first-order valence-electron chi connectivity index (χ1n) is 7.61. The molecule has 1 aromatic heterocycles. The lowest BCUT2D eigenvalue weighted by Crippen LogP contribution is -2.46. The summed E-state index contributed by atoms with van der Waals surface area (Å²) >= 11 is 0. The quantitative estimate of drug-likeness (QED) is 0.866. The number of nitrogens with one attached hydrogen (secondary N) is 1. The summed E-state index contributed by atoms with van der Waals surface area (Å²) in [6.45, 7) is 3.77. The predicted octanol–water partition coefficient (Wildman–Crippen LogP) is 2.27. The molecule has 1 aromatic rings. The van der Waals surface area contributed by atoms with Gasteiger partial charge in [-0.05, 0) is 37.8 Å². The molecule has 21 heavy (non-hydrogen) atoms.